The Morgan fingerprint density at radius 2 is 1.62 bits per heavy atom. The number of rotatable bonds is 8. The van der Waals surface area contributed by atoms with Gasteiger partial charge in [-0.1, -0.05) is 18.2 Å². The minimum atomic E-state index is -0.244. The zero-order valence-electron chi connectivity index (χ0n) is 23.6. The third-order valence-corrected chi connectivity index (χ3v) is 8.71. The van der Waals surface area contributed by atoms with Crippen molar-refractivity contribution in [3.63, 3.8) is 0 Å². The molecule has 3 fully saturated rings. The smallest absolute Gasteiger partial charge is 0.140 e. The molecule has 1 aromatic carbocycles. The number of hydrogen-bond donors (Lipinski definition) is 0. The normalized spacial score (nSPS) is 22.0. The predicted molar refractivity (Wildman–Crippen MR) is 164 cm³/mol. The maximum Gasteiger partial charge on any atom is 0.140 e. The molecule has 3 aliphatic heterocycles. The Morgan fingerprint density at radius 1 is 0.857 bits per heavy atom. The second-order valence-corrected chi connectivity index (χ2v) is 11.1. The second kappa shape index (κ2) is 11.3. The largest absolute Gasteiger partial charge is 0.497 e. The van der Waals surface area contributed by atoms with Gasteiger partial charge < -0.3 is 9.47 Å². The lowest BCUT2D eigenvalue weighted by molar-refractivity contribution is -0.0357. The molecular weight excluding hydrogens is 522 g/mol. The molecule has 42 heavy (non-hydrogen) atoms. The van der Waals surface area contributed by atoms with Crippen LogP contribution in [0.15, 0.2) is 104 Å². The van der Waals surface area contributed by atoms with Crippen LogP contribution in [0.25, 0.3) is 33.7 Å². The summed E-state index contributed by atoms with van der Waals surface area (Å²) in [5.74, 6) is 2.63. The molecule has 5 aromatic rings. The Labute approximate surface area is 245 Å². The fourth-order valence-electron chi connectivity index (χ4n) is 6.57. The van der Waals surface area contributed by atoms with Crippen molar-refractivity contribution in [3.8, 4) is 34.3 Å². The van der Waals surface area contributed by atoms with Crippen LogP contribution >= 0.6 is 0 Å². The molecule has 0 aliphatic carbocycles. The summed E-state index contributed by atoms with van der Waals surface area (Å²) in [6, 6.07) is 24.0. The SMILES string of the molecule is C=C[C@H]1CN2CC[C@H]1C[C@H]2[C@@H](Oc1cc(-c2ccccn2)nc(-c2ccccn2)c1)c1ccnc2ccc(OC)cc12. The number of benzene rings is 1. The van der Waals surface area contributed by atoms with Crippen molar-refractivity contribution in [2.24, 2.45) is 11.8 Å². The van der Waals surface area contributed by atoms with E-state index in [4.69, 9.17) is 14.5 Å². The lowest BCUT2D eigenvalue weighted by Crippen LogP contribution is -2.55. The maximum atomic E-state index is 7.14. The third-order valence-electron chi connectivity index (χ3n) is 8.71. The van der Waals surface area contributed by atoms with Gasteiger partial charge in [0.05, 0.1) is 41.4 Å². The molecule has 0 amide bonds. The van der Waals surface area contributed by atoms with E-state index in [0.717, 1.165) is 70.3 Å². The van der Waals surface area contributed by atoms with E-state index in [1.54, 1.807) is 19.5 Å². The summed E-state index contributed by atoms with van der Waals surface area (Å²) >= 11 is 0. The molecule has 0 spiro atoms. The van der Waals surface area contributed by atoms with Crippen molar-refractivity contribution >= 4 is 10.9 Å². The molecule has 4 aromatic heterocycles. The lowest BCUT2D eigenvalue weighted by atomic mass is 9.73. The average Bonchev–Trinajstić information content (AvgIpc) is 3.07. The van der Waals surface area contributed by atoms with Crippen LogP contribution in [0.4, 0.5) is 0 Å². The van der Waals surface area contributed by atoms with Gasteiger partial charge in [-0.15, -0.1) is 6.58 Å². The molecule has 210 valence electrons. The monoisotopic (exact) mass is 555 g/mol. The number of ether oxygens (including phenoxy) is 2. The second-order valence-electron chi connectivity index (χ2n) is 11.1. The number of fused-ring (bicyclic) bond motifs is 4. The molecule has 3 aliphatic rings. The molecule has 0 N–H and O–H groups in total. The van der Waals surface area contributed by atoms with Gasteiger partial charge in [0, 0.05) is 48.2 Å². The molecule has 7 nitrogen and oxygen atoms in total. The van der Waals surface area contributed by atoms with E-state index in [1.807, 2.05) is 66.9 Å². The summed E-state index contributed by atoms with van der Waals surface area (Å²) in [7, 11) is 1.70. The minimum Gasteiger partial charge on any atom is -0.497 e. The van der Waals surface area contributed by atoms with Gasteiger partial charge in [-0.2, -0.15) is 0 Å². The van der Waals surface area contributed by atoms with Gasteiger partial charge >= 0.3 is 0 Å². The van der Waals surface area contributed by atoms with Crippen molar-refractivity contribution in [1.82, 2.24) is 24.8 Å². The van der Waals surface area contributed by atoms with Crippen LogP contribution in [0.2, 0.25) is 0 Å². The fourth-order valence-corrected chi connectivity index (χ4v) is 6.57. The molecule has 0 radical (unpaired) electrons. The van der Waals surface area contributed by atoms with Gasteiger partial charge in [-0.25, -0.2) is 4.98 Å². The number of hydrogen-bond acceptors (Lipinski definition) is 7. The highest BCUT2D eigenvalue weighted by Crippen LogP contribution is 2.44. The molecule has 5 atom stereocenters. The quantitative estimate of drug-likeness (QED) is 0.195. The number of piperidine rings is 3. The summed E-state index contributed by atoms with van der Waals surface area (Å²) < 4.78 is 12.8. The summed E-state index contributed by atoms with van der Waals surface area (Å²) in [6.07, 6.45) is 9.57. The van der Waals surface area contributed by atoms with Gasteiger partial charge in [-0.3, -0.25) is 19.9 Å². The van der Waals surface area contributed by atoms with Crippen molar-refractivity contribution in [2.45, 2.75) is 25.0 Å². The Balaban J connectivity index is 1.37. The average molecular weight is 556 g/mol. The molecule has 0 saturated carbocycles. The maximum absolute atomic E-state index is 7.14. The van der Waals surface area contributed by atoms with Crippen molar-refractivity contribution in [1.29, 1.82) is 0 Å². The molecule has 1 unspecified atom stereocenters. The van der Waals surface area contributed by atoms with E-state index in [-0.39, 0.29) is 12.1 Å². The van der Waals surface area contributed by atoms with Gasteiger partial charge in [0.1, 0.15) is 17.6 Å². The standard InChI is InChI=1S/C35H33N5O2/c1-3-23-22-40-17-13-24(23)18-34(40)35(27-12-16-38-29-11-10-25(41-2)19-28(27)29)42-26-20-32(30-8-4-6-14-36-30)39-33(21-26)31-9-5-7-15-37-31/h3-12,14-16,19-21,23-24,34-35H,1,13,17-18,22H2,2H3/t23-,24-,34-,35-/m0/s1. The third kappa shape index (κ3) is 5.01. The Hall–Kier alpha value is -4.62. The fraction of sp³-hybridized carbons (Fsp3) is 0.257. The molecule has 7 heteroatoms. The highest BCUT2D eigenvalue weighted by atomic mass is 16.5. The number of aromatic nitrogens is 4. The van der Waals surface area contributed by atoms with E-state index in [0.29, 0.717) is 11.8 Å². The van der Waals surface area contributed by atoms with Gasteiger partial charge in [0.2, 0.25) is 0 Å². The Bertz CT molecular complexity index is 1650. The van der Waals surface area contributed by atoms with Crippen LogP contribution in [0, 0.1) is 11.8 Å². The zero-order valence-corrected chi connectivity index (χ0v) is 23.6. The zero-order chi connectivity index (χ0) is 28.5. The van der Waals surface area contributed by atoms with Crippen LogP contribution in [0.5, 0.6) is 11.5 Å². The first-order valence-corrected chi connectivity index (χ1v) is 14.5. The van der Waals surface area contributed by atoms with Gasteiger partial charge in [-0.05, 0) is 79.8 Å². The van der Waals surface area contributed by atoms with Crippen molar-refractivity contribution in [3.05, 3.63) is 110 Å². The number of methoxy groups -OCH3 is 1. The first-order valence-electron chi connectivity index (χ1n) is 14.5. The summed E-state index contributed by atoms with van der Waals surface area (Å²) in [6.45, 7) is 6.19. The van der Waals surface area contributed by atoms with Crippen LogP contribution in [0.1, 0.15) is 24.5 Å². The summed E-state index contributed by atoms with van der Waals surface area (Å²) in [5, 5.41) is 1.04. The minimum absolute atomic E-state index is 0.196. The Morgan fingerprint density at radius 3 is 2.24 bits per heavy atom. The lowest BCUT2D eigenvalue weighted by Gasteiger charge is -2.51. The summed E-state index contributed by atoms with van der Waals surface area (Å²) in [5.41, 5.74) is 5.06. The van der Waals surface area contributed by atoms with Crippen LogP contribution in [-0.4, -0.2) is 51.1 Å². The van der Waals surface area contributed by atoms with Crippen molar-refractivity contribution in [2.75, 3.05) is 20.2 Å². The molecule has 8 rings (SSSR count). The topological polar surface area (TPSA) is 73.3 Å². The molecule has 7 heterocycles. The van der Waals surface area contributed by atoms with Gasteiger partial charge in [0.15, 0.2) is 0 Å². The number of nitrogens with zero attached hydrogens (tertiary/aromatic N) is 5. The van der Waals surface area contributed by atoms with E-state index in [2.05, 4.69) is 44.6 Å². The number of pyridine rings is 4. The molecular formula is C35H33N5O2. The first-order chi connectivity index (χ1) is 20.7. The van der Waals surface area contributed by atoms with E-state index < -0.39 is 0 Å². The van der Waals surface area contributed by atoms with E-state index in [9.17, 15) is 0 Å². The highest BCUT2D eigenvalue weighted by Gasteiger charge is 2.44. The predicted octanol–water partition coefficient (Wildman–Crippen LogP) is 6.78. The highest BCUT2D eigenvalue weighted by molar-refractivity contribution is 5.84. The molecule has 3 saturated heterocycles. The summed E-state index contributed by atoms with van der Waals surface area (Å²) in [4.78, 5) is 21.4. The van der Waals surface area contributed by atoms with Crippen LogP contribution < -0.4 is 9.47 Å². The van der Waals surface area contributed by atoms with E-state index in [1.165, 1.54) is 6.42 Å². The molecule has 2 bridgehead atoms. The van der Waals surface area contributed by atoms with Crippen molar-refractivity contribution < 1.29 is 9.47 Å². The van der Waals surface area contributed by atoms with Crippen LogP contribution in [0.3, 0.4) is 0 Å². The first kappa shape index (κ1) is 26.3. The van der Waals surface area contributed by atoms with Gasteiger partial charge in [0.25, 0.3) is 0 Å². The Kier molecular flexibility index (Phi) is 7.10. The van der Waals surface area contributed by atoms with E-state index >= 15 is 0 Å². The van der Waals surface area contributed by atoms with Crippen LogP contribution in [-0.2, 0) is 0 Å².